The van der Waals surface area contributed by atoms with Gasteiger partial charge in [0.05, 0.1) is 11.2 Å². The van der Waals surface area contributed by atoms with Gasteiger partial charge in [0.1, 0.15) is 11.6 Å². The Morgan fingerprint density at radius 1 is 1.19 bits per heavy atom. The van der Waals surface area contributed by atoms with Crippen molar-refractivity contribution < 1.29 is 4.39 Å². The number of hydrogen-bond acceptors (Lipinski definition) is 3. The molecule has 132 valence electrons. The first-order valence-electron chi connectivity index (χ1n) is 8.56. The Morgan fingerprint density at radius 2 is 2.08 bits per heavy atom. The van der Waals surface area contributed by atoms with E-state index in [0.29, 0.717) is 5.39 Å². The molecule has 5 nitrogen and oxygen atoms in total. The molecule has 0 unspecified atom stereocenters. The Hall–Kier alpha value is -3.15. The maximum Gasteiger partial charge on any atom is 0.148 e. The van der Waals surface area contributed by atoms with Crippen LogP contribution in [-0.2, 0) is 19.9 Å². The first-order chi connectivity index (χ1) is 12.6. The number of benzene rings is 1. The second-order valence-corrected chi connectivity index (χ2v) is 6.51. The molecule has 0 atom stereocenters. The average Bonchev–Trinajstić information content (AvgIpc) is 3.21. The van der Waals surface area contributed by atoms with Crippen LogP contribution in [0.2, 0.25) is 0 Å². The van der Waals surface area contributed by atoms with Crippen LogP contribution >= 0.6 is 0 Å². The van der Waals surface area contributed by atoms with Crippen molar-refractivity contribution in [2.45, 2.75) is 19.8 Å². The Bertz CT molecular complexity index is 1060. The molecule has 0 amide bonds. The summed E-state index contributed by atoms with van der Waals surface area (Å²) in [6.45, 7) is 2.03. The van der Waals surface area contributed by atoms with Crippen molar-refractivity contribution >= 4 is 22.4 Å². The maximum absolute atomic E-state index is 13.5. The lowest BCUT2D eigenvalue weighted by Crippen LogP contribution is -2.00. The summed E-state index contributed by atoms with van der Waals surface area (Å²) in [4.78, 5) is 7.48. The number of rotatable bonds is 5. The van der Waals surface area contributed by atoms with Crippen LogP contribution < -0.4 is 5.32 Å². The smallest absolute Gasteiger partial charge is 0.148 e. The van der Waals surface area contributed by atoms with Crippen molar-refractivity contribution in [3.63, 3.8) is 0 Å². The molecular formula is C20H20FN5. The predicted molar refractivity (Wildman–Crippen MR) is 101 cm³/mol. The minimum atomic E-state index is -0.238. The number of pyridine rings is 1. The third-order valence-electron chi connectivity index (χ3n) is 4.47. The number of H-pyrrole nitrogens is 1. The highest BCUT2D eigenvalue weighted by Gasteiger charge is 2.07. The lowest BCUT2D eigenvalue weighted by atomic mass is 10.1. The van der Waals surface area contributed by atoms with E-state index in [1.165, 1.54) is 11.8 Å². The van der Waals surface area contributed by atoms with E-state index in [1.807, 2.05) is 49.2 Å². The summed E-state index contributed by atoms with van der Waals surface area (Å²) < 4.78 is 15.4. The Labute approximate surface area is 150 Å². The molecule has 0 spiro atoms. The third kappa shape index (κ3) is 3.31. The molecule has 3 heterocycles. The van der Waals surface area contributed by atoms with E-state index in [1.54, 1.807) is 6.07 Å². The van der Waals surface area contributed by atoms with Crippen molar-refractivity contribution in [3.8, 4) is 0 Å². The van der Waals surface area contributed by atoms with Gasteiger partial charge in [-0.25, -0.2) is 9.37 Å². The summed E-state index contributed by atoms with van der Waals surface area (Å²) in [6.07, 6.45) is 7.01. The van der Waals surface area contributed by atoms with Gasteiger partial charge in [-0.2, -0.15) is 5.10 Å². The molecule has 3 aromatic heterocycles. The zero-order chi connectivity index (χ0) is 18.1. The number of anilines is 2. The third-order valence-corrected chi connectivity index (χ3v) is 4.47. The van der Waals surface area contributed by atoms with Crippen LogP contribution in [0.4, 0.5) is 15.9 Å². The van der Waals surface area contributed by atoms with Crippen LogP contribution in [-0.4, -0.2) is 19.7 Å². The molecule has 0 saturated heterocycles. The number of halogens is 1. The number of aromatic nitrogens is 4. The lowest BCUT2D eigenvalue weighted by Gasteiger charge is -2.10. The Kier molecular flexibility index (Phi) is 4.16. The van der Waals surface area contributed by atoms with E-state index in [-0.39, 0.29) is 5.82 Å². The largest absolute Gasteiger partial charge is 0.358 e. The van der Waals surface area contributed by atoms with Gasteiger partial charge < -0.3 is 10.3 Å². The number of nitrogens with zero attached hydrogens (tertiary/aromatic N) is 3. The molecule has 0 saturated carbocycles. The van der Waals surface area contributed by atoms with Gasteiger partial charge in [-0.1, -0.05) is 6.07 Å². The summed E-state index contributed by atoms with van der Waals surface area (Å²) in [7, 11) is 1.93. The van der Waals surface area contributed by atoms with Gasteiger partial charge in [0.2, 0.25) is 0 Å². The summed E-state index contributed by atoms with van der Waals surface area (Å²) >= 11 is 0. The van der Waals surface area contributed by atoms with Crippen LogP contribution in [0.25, 0.3) is 10.9 Å². The minimum absolute atomic E-state index is 0.238. The summed E-state index contributed by atoms with van der Waals surface area (Å²) in [5.41, 5.74) is 4.97. The Morgan fingerprint density at radius 3 is 2.85 bits per heavy atom. The molecular weight excluding hydrogens is 329 g/mol. The molecule has 0 aliphatic rings. The number of aryl methyl sites for hydroxylation is 4. The van der Waals surface area contributed by atoms with Crippen LogP contribution in [0.5, 0.6) is 0 Å². The van der Waals surface area contributed by atoms with Crippen molar-refractivity contribution in [2.24, 2.45) is 7.05 Å². The molecule has 0 aliphatic carbocycles. The topological polar surface area (TPSA) is 58.5 Å². The van der Waals surface area contributed by atoms with E-state index in [0.717, 1.165) is 41.1 Å². The van der Waals surface area contributed by atoms with E-state index in [4.69, 9.17) is 0 Å². The molecule has 26 heavy (non-hydrogen) atoms. The zero-order valence-corrected chi connectivity index (χ0v) is 14.8. The van der Waals surface area contributed by atoms with Gasteiger partial charge in [0, 0.05) is 36.7 Å². The lowest BCUT2D eigenvalue weighted by molar-refractivity contribution is 0.639. The maximum atomic E-state index is 13.5. The van der Waals surface area contributed by atoms with E-state index >= 15 is 0 Å². The van der Waals surface area contributed by atoms with Crippen molar-refractivity contribution in [3.05, 3.63) is 71.6 Å². The molecule has 0 bridgehead atoms. The van der Waals surface area contributed by atoms with Gasteiger partial charge in [-0.15, -0.1) is 0 Å². The standard InChI is InChI=1S/C20H20FN5/c1-13-9-14(3-4-15-7-8-26(2)25-15)11-23-20(13)24-16-5-6-17-18(21)12-22-19(17)10-16/h5-12,22H,3-4H2,1-2H3,(H,23,24). The molecule has 0 radical (unpaired) electrons. The summed E-state index contributed by atoms with van der Waals surface area (Å²) in [6, 6.07) is 9.69. The molecule has 4 aromatic rings. The van der Waals surface area contributed by atoms with E-state index in [9.17, 15) is 4.39 Å². The van der Waals surface area contributed by atoms with Crippen molar-refractivity contribution in [1.82, 2.24) is 19.7 Å². The number of aromatic amines is 1. The Balaban J connectivity index is 1.48. The second kappa shape index (κ2) is 6.63. The van der Waals surface area contributed by atoms with Crippen LogP contribution in [0.1, 0.15) is 16.8 Å². The average molecular weight is 349 g/mol. The van der Waals surface area contributed by atoms with Gasteiger partial charge in [0.15, 0.2) is 0 Å². The zero-order valence-electron chi connectivity index (χ0n) is 14.8. The molecule has 4 rings (SSSR count). The highest BCUT2D eigenvalue weighted by Crippen LogP contribution is 2.24. The normalized spacial score (nSPS) is 11.2. The highest BCUT2D eigenvalue weighted by molar-refractivity contribution is 5.84. The quantitative estimate of drug-likeness (QED) is 0.566. The molecule has 6 heteroatoms. The van der Waals surface area contributed by atoms with Gasteiger partial charge in [0.25, 0.3) is 0 Å². The number of nitrogens with one attached hydrogen (secondary N) is 2. The summed E-state index contributed by atoms with van der Waals surface area (Å²) in [5, 5.41) is 8.30. The van der Waals surface area contributed by atoms with Gasteiger partial charge >= 0.3 is 0 Å². The fraction of sp³-hybridized carbons (Fsp3) is 0.200. The predicted octanol–water partition coefficient (Wildman–Crippen LogP) is 4.27. The van der Waals surface area contributed by atoms with Crippen LogP contribution in [0.15, 0.2) is 48.9 Å². The fourth-order valence-electron chi connectivity index (χ4n) is 3.07. The first-order valence-corrected chi connectivity index (χ1v) is 8.56. The minimum Gasteiger partial charge on any atom is -0.358 e. The number of fused-ring (bicyclic) bond motifs is 1. The van der Waals surface area contributed by atoms with Crippen LogP contribution in [0, 0.1) is 12.7 Å². The van der Waals surface area contributed by atoms with E-state index < -0.39 is 0 Å². The van der Waals surface area contributed by atoms with Crippen LogP contribution in [0.3, 0.4) is 0 Å². The molecule has 1 aromatic carbocycles. The van der Waals surface area contributed by atoms with Crippen molar-refractivity contribution in [2.75, 3.05) is 5.32 Å². The summed E-state index contributed by atoms with van der Waals surface area (Å²) in [5.74, 6) is 0.566. The van der Waals surface area contributed by atoms with Gasteiger partial charge in [-0.05, 0) is 55.2 Å². The molecule has 2 N–H and O–H groups in total. The monoisotopic (exact) mass is 349 g/mol. The highest BCUT2D eigenvalue weighted by atomic mass is 19.1. The number of hydrogen-bond donors (Lipinski definition) is 2. The fourth-order valence-corrected chi connectivity index (χ4v) is 3.07. The SMILES string of the molecule is Cc1cc(CCc2ccn(C)n2)cnc1Nc1ccc2c(F)c[nH]c2c1. The molecule has 0 fully saturated rings. The van der Waals surface area contributed by atoms with Crippen molar-refractivity contribution in [1.29, 1.82) is 0 Å². The second-order valence-electron chi connectivity index (χ2n) is 6.51. The first kappa shape index (κ1) is 16.3. The van der Waals surface area contributed by atoms with Gasteiger partial charge in [-0.3, -0.25) is 4.68 Å². The molecule has 0 aliphatic heterocycles. The van der Waals surface area contributed by atoms with E-state index in [2.05, 4.69) is 26.4 Å².